The van der Waals surface area contributed by atoms with Crippen LogP contribution in [0.5, 0.6) is 5.75 Å². The largest absolute Gasteiger partial charge is 0.497 e. The van der Waals surface area contributed by atoms with E-state index in [1.165, 1.54) is 0 Å². The van der Waals surface area contributed by atoms with E-state index >= 15 is 0 Å². The van der Waals surface area contributed by atoms with Crippen LogP contribution in [-0.2, 0) is 0 Å². The van der Waals surface area contributed by atoms with E-state index in [0.29, 0.717) is 22.7 Å². The SMILES string of the molecule is COc1cccc(NC(=O)Nc2cccc(C=O)c2)c1. The van der Waals surface area contributed by atoms with Crippen LogP contribution < -0.4 is 15.4 Å². The lowest BCUT2D eigenvalue weighted by atomic mass is 10.2. The van der Waals surface area contributed by atoms with Crippen molar-refractivity contribution in [2.24, 2.45) is 0 Å². The minimum absolute atomic E-state index is 0.388. The molecule has 0 aliphatic heterocycles. The van der Waals surface area contributed by atoms with Gasteiger partial charge < -0.3 is 15.4 Å². The fourth-order valence-corrected chi connectivity index (χ4v) is 1.68. The zero-order valence-electron chi connectivity index (χ0n) is 10.9. The van der Waals surface area contributed by atoms with Crippen LogP contribution in [0.25, 0.3) is 0 Å². The Kier molecular flexibility index (Phi) is 4.34. The van der Waals surface area contributed by atoms with Gasteiger partial charge in [0.1, 0.15) is 12.0 Å². The first-order valence-corrected chi connectivity index (χ1v) is 5.98. The van der Waals surface area contributed by atoms with Crippen LogP contribution in [0, 0.1) is 0 Å². The summed E-state index contributed by atoms with van der Waals surface area (Å²) < 4.78 is 5.07. The normalized spacial score (nSPS) is 9.65. The number of hydrogen-bond acceptors (Lipinski definition) is 3. The van der Waals surface area contributed by atoms with Crippen LogP contribution in [0.3, 0.4) is 0 Å². The number of hydrogen-bond donors (Lipinski definition) is 2. The van der Waals surface area contributed by atoms with Gasteiger partial charge in [-0.1, -0.05) is 18.2 Å². The number of amides is 2. The maximum absolute atomic E-state index is 11.8. The van der Waals surface area contributed by atoms with Gasteiger partial charge >= 0.3 is 6.03 Å². The number of benzene rings is 2. The molecule has 5 nitrogen and oxygen atoms in total. The van der Waals surface area contributed by atoms with E-state index in [9.17, 15) is 9.59 Å². The number of ether oxygens (including phenoxy) is 1. The number of carbonyl (C=O) groups is 2. The molecule has 20 heavy (non-hydrogen) atoms. The molecule has 5 heteroatoms. The highest BCUT2D eigenvalue weighted by molar-refractivity contribution is 6.00. The molecular formula is C15H14N2O3. The molecule has 0 aromatic heterocycles. The molecule has 0 atom stereocenters. The predicted molar refractivity (Wildman–Crippen MR) is 77.5 cm³/mol. The van der Waals surface area contributed by atoms with E-state index < -0.39 is 0 Å². The third-order valence-corrected chi connectivity index (χ3v) is 2.61. The van der Waals surface area contributed by atoms with Crippen molar-refractivity contribution in [1.82, 2.24) is 0 Å². The summed E-state index contributed by atoms with van der Waals surface area (Å²) in [6, 6.07) is 13.3. The van der Waals surface area contributed by atoms with E-state index in [-0.39, 0.29) is 6.03 Å². The van der Waals surface area contributed by atoms with Gasteiger partial charge in [0.2, 0.25) is 0 Å². The standard InChI is InChI=1S/C15H14N2O3/c1-20-14-7-3-6-13(9-14)17-15(19)16-12-5-2-4-11(8-12)10-18/h2-10H,1H3,(H2,16,17,19). The Labute approximate surface area is 116 Å². The molecule has 0 fully saturated rings. The number of anilines is 2. The molecule has 2 aromatic rings. The summed E-state index contributed by atoms with van der Waals surface area (Å²) >= 11 is 0. The number of methoxy groups -OCH3 is 1. The van der Waals surface area contributed by atoms with E-state index in [1.54, 1.807) is 55.6 Å². The van der Waals surface area contributed by atoms with Gasteiger partial charge in [0.25, 0.3) is 0 Å². The van der Waals surface area contributed by atoms with Gasteiger partial charge in [-0.3, -0.25) is 4.79 Å². The van der Waals surface area contributed by atoms with Gasteiger partial charge in [0, 0.05) is 23.0 Å². The summed E-state index contributed by atoms with van der Waals surface area (Å²) in [6.45, 7) is 0. The highest BCUT2D eigenvalue weighted by atomic mass is 16.5. The molecule has 2 aromatic carbocycles. The number of rotatable bonds is 4. The quantitative estimate of drug-likeness (QED) is 0.838. The van der Waals surface area contributed by atoms with E-state index in [0.717, 1.165) is 6.29 Å². The Balaban J connectivity index is 2.02. The molecule has 0 radical (unpaired) electrons. The first-order chi connectivity index (χ1) is 9.71. The Morgan fingerprint density at radius 1 is 1.05 bits per heavy atom. The highest BCUT2D eigenvalue weighted by Crippen LogP contribution is 2.17. The Bertz CT molecular complexity index is 626. The van der Waals surface area contributed by atoms with Crippen molar-refractivity contribution < 1.29 is 14.3 Å². The maximum Gasteiger partial charge on any atom is 0.323 e. The van der Waals surface area contributed by atoms with Crippen LogP contribution in [-0.4, -0.2) is 19.4 Å². The maximum atomic E-state index is 11.8. The summed E-state index contributed by atoms with van der Waals surface area (Å²) in [5, 5.41) is 5.34. The highest BCUT2D eigenvalue weighted by Gasteiger charge is 2.04. The van der Waals surface area contributed by atoms with E-state index in [1.807, 2.05) is 0 Å². The molecule has 0 unspecified atom stereocenters. The van der Waals surface area contributed by atoms with Crippen molar-refractivity contribution in [1.29, 1.82) is 0 Å². The van der Waals surface area contributed by atoms with Crippen LogP contribution in [0.4, 0.5) is 16.2 Å². The third kappa shape index (κ3) is 3.58. The van der Waals surface area contributed by atoms with Crippen molar-refractivity contribution in [3.8, 4) is 5.75 Å². The molecule has 0 aliphatic rings. The number of aldehydes is 1. The van der Waals surface area contributed by atoms with Crippen LogP contribution in [0.2, 0.25) is 0 Å². The van der Waals surface area contributed by atoms with Gasteiger partial charge in [0.05, 0.1) is 7.11 Å². The number of nitrogens with one attached hydrogen (secondary N) is 2. The second-order valence-electron chi connectivity index (χ2n) is 4.05. The fourth-order valence-electron chi connectivity index (χ4n) is 1.68. The van der Waals surface area contributed by atoms with Crippen molar-refractivity contribution in [2.45, 2.75) is 0 Å². The molecule has 2 rings (SSSR count). The predicted octanol–water partition coefficient (Wildman–Crippen LogP) is 3.15. The Morgan fingerprint density at radius 2 is 1.70 bits per heavy atom. The minimum atomic E-state index is -0.388. The first kappa shape index (κ1) is 13.6. The lowest BCUT2D eigenvalue weighted by molar-refractivity contribution is 0.112. The van der Waals surface area contributed by atoms with Crippen LogP contribution in [0.15, 0.2) is 48.5 Å². The average Bonchev–Trinajstić information content (AvgIpc) is 2.47. The molecule has 2 N–H and O–H groups in total. The molecule has 0 heterocycles. The summed E-state index contributed by atoms with van der Waals surface area (Å²) in [5.74, 6) is 0.658. The summed E-state index contributed by atoms with van der Waals surface area (Å²) in [4.78, 5) is 22.5. The Hall–Kier alpha value is -2.82. The molecule has 0 saturated heterocycles. The lowest BCUT2D eigenvalue weighted by Gasteiger charge is -2.09. The summed E-state index contributed by atoms with van der Waals surface area (Å²) in [5.41, 5.74) is 1.67. The smallest absolute Gasteiger partial charge is 0.323 e. The monoisotopic (exact) mass is 270 g/mol. The zero-order valence-corrected chi connectivity index (χ0v) is 10.9. The van der Waals surface area contributed by atoms with Gasteiger partial charge in [0.15, 0.2) is 0 Å². The first-order valence-electron chi connectivity index (χ1n) is 5.98. The van der Waals surface area contributed by atoms with Gasteiger partial charge in [-0.2, -0.15) is 0 Å². The molecule has 0 aliphatic carbocycles. The van der Waals surface area contributed by atoms with E-state index in [4.69, 9.17) is 4.74 Å². The van der Waals surface area contributed by atoms with Crippen LogP contribution in [0.1, 0.15) is 10.4 Å². The molecule has 0 spiro atoms. The third-order valence-electron chi connectivity index (χ3n) is 2.61. The van der Waals surface area contributed by atoms with Crippen LogP contribution >= 0.6 is 0 Å². The minimum Gasteiger partial charge on any atom is -0.497 e. The van der Waals surface area contributed by atoms with Crippen molar-refractivity contribution >= 4 is 23.7 Å². The molecule has 2 amide bonds. The molecule has 102 valence electrons. The van der Waals surface area contributed by atoms with Crippen molar-refractivity contribution in [2.75, 3.05) is 17.7 Å². The second-order valence-corrected chi connectivity index (χ2v) is 4.05. The van der Waals surface area contributed by atoms with Gasteiger partial charge in [-0.15, -0.1) is 0 Å². The van der Waals surface area contributed by atoms with Crippen molar-refractivity contribution in [3.05, 3.63) is 54.1 Å². The summed E-state index contributed by atoms with van der Waals surface area (Å²) in [6.07, 6.45) is 0.727. The van der Waals surface area contributed by atoms with Crippen molar-refractivity contribution in [3.63, 3.8) is 0 Å². The van der Waals surface area contributed by atoms with Gasteiger partial charge in [-0.05, 0) is 24.3 Å². The van der Waals surface area contributed by atoms with Gasteiger partial charge in [-0.25, -0.2) is 4.79 Å². The number of carbonyl (C=O) groups excluding carboxylic acids is 2. The Morgan fingerprint density at radius 3 is 2.35 bits per heavy atom. The topological polar surface area (TPSA) is 67.4 Å². The molecule has 0 saturated carbocycles. The fraction of sp³-hybridized carbons (Fsp3) is 0.0667. The number of urea groups is 1. The molecular weight excluding hydrogens is 256 g/mol. The average molecular weight is 270 g/mol. The zero-order chi connectivity index (χ0) is 14.4. The molecule has 0 bridgehead atoms. The lowest BCUT2D eigenvalue weighted by Crippen LogP contribution is -2.19. The van der Waals surface area contributed by atoms with E-state index in [2.05, 4.69) is 10.6 Å². The summed E-state index contributed by atoms with van der Waals surface area (Å²) in [7, 11) is 1.56. The second kappa shape index (κ2) is 6.38.